The smallest absolute Gasteiger partial charge is 0.324 e. The molecule has 6 nitrogen and oxygen atoms in total. The first kappa shape index (κ1) is 23.2. The molecule has 0 spiro atoms. The van der Waals surface area contributed by atoms with Crippen molar-refractivity contribution in [3.8, 4) is 0 Å². The van der Waals surface area contributed by atoms with Crippen molar-refractivity contribution in [2.45, 2.75) is 17.9 Å². The van der Waals surface area contributed by atoms with Crippen LogP contribution in [0.4, 0.5) is 5.69 Å². The maximum atomic E-state index is 13.3. The summed E-state index contributed by atoms with van der Waals surface area (Å²) in [6.45, 7) is 0.0116. The van der Waals surface area contributed by atoms with Gasteiger partial charge in [0.25, 0.3) is 10.0 Å². The minimum Gasteiger partial charge on any atom is -0.480 e. The van der Waals surface area contributed by atoms with Crippen LogP contribution in [0.15, 0.2) is 83.9 Å². The van der Waals surface area contributed by atoms with E-state index in [9.17, 15) is 18.3 Å². The molecule has 4 aromatic rings. The molecule has 0 aliphatic carbocycles. The summed E-state index contributed by atoms with van der Waals surface area (Å²) in [4.78, 5) is 11.3. The number of nitrogens with zero attached hydrogens (tertiary/aromatic N) is 2. The Bertz CT molecular complexity index is 1400. The summed E-state index contributed by atoms with van der Waals surface area (Å²) in [6.07, 6.45) is 2.78. The second-order valence-corrected chi connectivity index (χ2v) is 10.2. The van der Waals surface area contributed by atoms with Crippen molar-refractivity contribution < 1.29 is 18.3 Å². The molecule has 1 N–H and O–H groups in total. The Morgan fingerprint density at radius 2 is 1.64 bits per heavy atom. The average Bonchev–Trinajstić information content (AvgIpc) is 3.18. The fourth-order valence-electron chi connectivity index (χ4n) is 3.67. The average molecular weight is 503 g/mol. The van der Waals surface area contributed by atoms with E-state index in [-0.39, 0.29) is 20.6 Å². The highest BCUT2D eigenvalue weighted by Gasteiger charge is 2.28. The number of sulfonamides is 1. The molecule has 0 aliphatic heterocycles. The van der Waals surface area contributed by atoms with E-state index in [0.29, 0.717) is 0 Å². The number of hydrogen-bond acceptors (Lipinski definition) is 3. The Kier molecular flexibility index (Phi) is 6.65. The van der Waals surface area contributed by atoms with Gasteiger partial charge in [-0.25, -0.2) is 8.42 Å². The normalized spacial score (nSPS) is 11.6. The minimum atomic E-state index is -4.23. The summed E-state index contributed by atoms with van der Waals surface area (Å²) < 4.78 is 29.6. The molecule has 4 rings (SSSR count). The molecule has 9 heteroatoms. The van der Waals surface area contributed by atoms with Crippen molar-refractivity contribution >= 4 is 55.8 Å². The van der Waals surface area contributed by atoms with Crippen molar-refractivity contribution in [2.24, 2.45) is 0 Å². The molecule has 0 unspecified atom stereocenters. The van der Waals surface area contributed by atoms with Crippen LogP contribution in [-0.4, -0.2) is 30.6 Å². The Morgan fingerprint density at radius 3 is 2.30 bits per heavy atom. The fourth-order valence-corrected chi connectivity index (χ4v) is 5.81. The molecule has 170 valence electrons. The van der Waals surface area contributed by atoms with Gasteiger partial charge in [-0.2, -0.15) is 0 Å². The van der Waals surface area contributed by atoms with Crippen LogP contribution in [-0.2, 0) is 27.8 Å². The van der Waals surface area contributed by atoms with Gasteiger partial charge in [0, 0.05) is 33.7 Å². The predicted octanol–water partition coefficient (Wildman–Crippen LogP) is 5.47. The van der Waals surface area contributed by atoms with Gasteiger partial charge in [0.05, 0.1) is 10.6 Å². The first-order valence-electron chi connectivity index (χ1n) is 10.1. The largest absolute Gasteiger partial charge is 0.480 e. The van der Waals surface area contributed by atoms with Gasteiger partial charge in [0.2, 0.25) is 0 Å². The number of carboxylic acids is 1. The zero-order valence-corrected chi connectivity index (χ0v) is 19.7. The van der Waals surface area contributed by atoms with Crippen molar-refractivity contribution in [3.63, 3.8) is 0 Å². The maximum absolute atomic E-state index is 13.3. The number of hydrogen-bond donors (Lipinski definition) is 1. The molecule has 1 heterocycles. The molecule has 0 fully saturated rings. The van der Waals surface area contributed by atoms with Gasteiger partial charge >= 0.3 is 5.97 Å². The van der Waals surface area contributed by atoms with Crippen LogP contribution in [0, 0.1) is 0 Å². The topological polar surface area (TPSA) is 79.6 Å². The number of anilines is 1. The summed E-state index contributed by atoms with van der Waals surface area (Å²) in [6, 6.07) is 21.0. The number of aryl methyl sites for hydroxylation is 2. The molecule has 33 heavy (non-hydrogen) atoms. The molecule has 0 saturated carbocycles. The number of benzene rings is 3. The molecule has 0 radical (unpaired) electrons. The Balaban J connectivity index is 1.68. The van der Waals surface area contributed by atoms with E-state index in [0.717, 1.165) is 28.2 Å². The van der Waals surface area contributed by atoms with Crippen molar-refractivity contribution in [3.05, 3.63) is 94.6 Å². The summed E-state index contributed by atoms with van der Waals surface area (Å²) in [5.41, 5.74) is 2.38. The number of carboxylic acid groups (broad SMARTS) is 1. The number of carbonyl (C=O) groups is 1. The molecule has 0 amide bonds. The first-order chi connectivity index (χ1) is 15.7. The number of aliphatic carboxylic acids is 1. The summed E-state index contributed by atoms with van der Waals surface area (Å²) in [7, 11) is -4.23. The van der Waals surface area contributed by atoms with E-state index in [1.165, 1.54) is 23.8 Å². The molecular formula is C24H20Cl2N2O4S. The lowest BCUT2D eigenvalue weighted by molar-refractivity contribution is -0.135. The molecule has 3 aromatic carbocycles. The first-order valence-corrected chi connectivity index (χ1v) is 12.3. The van der Waals surface area contributed by atoms with Crippen molar-refractivity contribution in [1.82, 2.24) is 4.57 Å². The van der Waals surface area contributed by atoms with E-state index in [1.54, 1.807) is 18.2 Å². The monoisotopic (exact) mass is 502 g/mol. The van der Waals surface area contributed by atoms with E-state index in [1.807, 2.05) is 30.5 Å². The number of rotatable bonds is 8. The molecule has 0 bridgehead atoms. The Hall–Kier alpha value is -3.00. The van der Waals surface area contributed by atoms with E-state index < -0.39 is 22.5 Å². The summed E-state index contributed by atoms with van der Waals surface area (Å²) in [5, 5.41) is 10.5. The van der Waals surface area contributed by atoms with Gasteiger partial charge in [-0.1, -0.05) is 53.5 Å². The third-order valence-corrected chi connectivity index (χ3v) is 7.42. The summed E-state index contributed by atoms with van der Waals surface area (Å²) >= 11 is 12.0. The minimum absolute atomic E-state index is 0.141. The number of fused-ring (bicyclic) bond motifs is 1. The van der Waals surface area contributed by atoms with Gasteiger partial charge in [-0.15, -0.1) is 0 Å². The van der Waals surface area contributed by atoms with Gasteiger partial charge < -0.3 is 9.67 Å². The lowest BCUT2D eigenvalue weighted by Gasteiger charge is -2.23. The third-order valence-electron chi connectivity index (χ3n) is 5.23. The molecule has 1 aromatic heterocycles. The second kappa shape index (κ2) is 9.47. The predicted molar refractivity (Wildman–Crippen MR) is 131 cm³/mol. The van der Waals surface area contributed by atoms with E-state index >= 15 is 0 Å². The lowest BCUT2D eigenvalue weighted by atomic mass is 10.1. The van der Waals surface area contributed by atoms with Crippen LogP contribution in [0.25, 0.3) is 10.9 Å². The second-order valence-electron chi connectivity index (χ2n) is 7.50. The quantitative estimate of drug-likeness (QED) is 0.346. The van der Waals surface area contributed by atoms with Crippen LogP contribution in [0.5, 0.6) is 0 Å². The van der Waals surface area contributed by atoms with Crippen LogP contribution >= 0.6 is 23.2 Å². The Labute approximate surface area is 201 Å². The standard InChI is InChI=1S/C24H20Cl2N2O4S/c25-19-13-20(26)15-22(14-19)33(31,32)28(16-24(29)30)21-6-7-23-18(12-21)9-11-27(23)10-8-17-4-2-1-3-5-17/h1-7,9,11-15H,8,10,16H2,(H,29,30). The highest BCUT2D eigenvalue weighted by Crippen LogP contribution is 2.30. The molecule has 0 saturated heterocycles. The van der Waals surface area contributed by atoms with Gasteiger partial charge in [-0.3, -0.25) is 9.10 Å². The highest BCUT2D eigenvalue weighted by atomic mass is 35.5. The fraction of sp³-hybridized carbons (Fsp3) is 0.125. The van der Waals surface area contributed by atoms with Gasteiger partial charge in [0.15, 0.2) is 0 Å². The van der Waals surface area contributed by atoms with Crippen LogP contribution < -0.4 is 4.31 Å². The number of halogens is 2. The zero-order chi connectivity index (χ0) is 23.6. The summed E-state index contributed by atoms with van der Waals surface area (Å²) in [5.74, 6) is -1.28. The Morgan fingerprint density at radius 1 is 0.939 bits per heavy atom. The van der Waals surface area contributed by atoms with E-state index in [4.69, 9.17) is 23.2 Å². The SMILES string of the molecule is O=C(O)CN(c1ccc2c(ccn2CCc2ccccc2)c1)S(=O)(=O)c1cc(Cl)cc(Cl)c1. The zero-order valence-electron chi connectivity index (χ0n) is 17.4. The van der Waals surface area contributed by atoms with Crippen LogP contribution in [0.1, 0.15) is 5.56 Å². The van der Waals surface area contributed by atoms with Gasteiger partial charge in [0.1, 0.15) is 6.54 Å². The van der Waals surface area contributed by atoms with E-state index in [2.05, 4.69) is 16.7 Å². The third kappa shape index (κ3) is 5.16. The maximum Gasteiger partial charge on any atom is 0.324 e. The molecule has 0 atom stereocenters. The van der Waals surface area contributed by atoms with Crippen LogP contribution in [0.3, 0.4) is 0 Å². The number of aromatic nitrogens is 1. The molecule has 0 aliphatic rings. The lowest BCUT2D eigenvalue weighted by Crippen LogP contribution is -2.35. The van der Waals surface area contributed by atoms with Gasteiger partial charge in [-0.05, 0) is 54.4 Å². The highest BCUT2D eigenvalue weighted by molar-refractivity contribution is 7.92. The van der Waals surface area contributed by atoms with Crippen LogP contribution in [0.2, 0.25) is 10.0 Å². The van der Waals surface area contributed by atoms with Crippen molar-refractivity contribution in [1.29, 1.82) is 0 Å². The molecular weight excluding hydrogens is 483 g/mol. The van der Waals surface area contributed by atoms with Crippen molar-refractivity contribution in [2.75, 3.05) is 10.8 Å².